The normalized spacial score (nSPS) is 13.2. The Morgan fingerprint density at radius 2 is 2.12 bits per heavy atom. The van der Waals surface area contributed by atoms with Gasteiger partial charge in [0.05, 0.1) is 11.6 Å². The first-order valence-electron chi connectivity index (χ1n) is 5.26. The summed E-state index contributed by atoms with van der Waals surface area (Å²) in [6, 6.07) is 5.00. The molecule has 0 saturated carbocycles. The standard InChI is InChI=1S/C12H14N2O3/c1-13(2)10(7-15)8-4-5-11-9(6-8)14(3)12(16)17-11/h4-7,10H,1-3H3. The van der Waals surface area contributed by atoms with Crippen molar-refractivity contribution in [3.8, 4) is 0 Å². The maximum Gasteiger partial charge on any atom is 0.419 e. The molecule has 0 aliphatic rings. The molecule has 0 saturated heterocycles. The molecule has 1 heterocycles. The molecule has 5 heteroatoms. The predicted molar refractivity (Wildman–Crippen MR) is 63.9 cm³/mol. The lowest BCUT2D eigenvalue weighted by molar-refractivity contribution is -0.111. The number of oxazole rings is 1. The van der Waals surface area contributed by atoms with Gasteiger partial charge in [0, 0.05) is 7.05 Å². The lowest BCUT2D eigenvalue weighted by atomic mass is 10.1. The van der Waals surface area contributed by atoms with Gasteiger partial charge in [0.1, 0.15) is 6.29 Å². The molecule has 1 aromatic carbocycles. The van der Waals surface area contributed by atoms with Crippen molar-refractivity contribution in [3.05, 3.63) is 34.3 Å². The summed E-state index contributed by atoms with van der Waals surface area (Å²) >= 11 is 0. The van der Waals surface area contributed by atoms with Gasteiger partial charge in [0.15, 0.2) is 5.58 Å². The van der Waals surface area contributed by atoms with Gasteiger partial charge >= 0.3 is 5.76 Å². The van der Waals surface area contributed by atoms with Crippen molar-refractivity contribution >= 4 is 17.4 Å². The third kappa shape index (κ3) is 1.89. The molecule has 0 spiro atoms. The SMILES string of the molecule is CN(C)C(C=O)c1ccc2oc(=O)n(C)c2c1. The first-order valence-corrected chi connectivity index (χ1v) is 5.26. The van der Waals surface area contributed by atoms with E-state index >= 15 is 0 Å². The highest BCUT2D eigenvalue weighted by Crippen LogP contribution is 2.21. The molecule has 5 nitrogen and oxygen atoms in total. The highest BCUT2D eigenvalue weighted by molar-refractivity contribution is 5.75. The number of aromatic nitrogens is 1. The molecule has 0 N–H and O–H groups in total. The zero-order valence-electron chi connectivity index (χ0n) is 10.0. The smallest absolute Gasteiger partial charge is 0.408 e. The van der Waals surface area contributed by atoms with Crippen molar-refractivity contribution in [2.45, 2.75) is 6.04 Å². The number of carbonyl (C=O) groups excluding carboxylic acids is 1. The summed E-state index contributed by atoms with van der Waals surface area (Å²) in [5, 5.41) is 0. The van der Waals surface area contributed by atoms with Crippen LogP contribution < -0.4 is 5.76 Å². The van der Waals surface area contributed by atoms with E-state index in [0.717, 1.165) is 11.8 Å². The average Bonchev–Trinajstić information content (AvgIpc) is 2.56. The molecular weight excluding hydrogens is 220 g/mol. The fraction of sp³-hybridized carbons (Fsp3) is 0.333. The predicted octanol–water partition coefficient (Wildman–Crippen LogP) is 0.933. The van der Waals surface area contributed by atoms with Gasteiger partial charge in [0.25, 0.3) is 0 Å². The van der Waals surface area contributed by atoms with E-state index in [1.54, 1.807) is 25.2 Å². The van der Waals surface area contributed by atoms with Crippen LogP contribution in [0, 0.1) is 0 Å². The maximum atomic E-state index is 11.3. The Bertz CT molecular complexity index is 610. The third-order valence-corrected chi connectivity index (χ3v) is 2.84. The minimum absolute atomic E-state index is 0.315. The largest absolute Gasteiger partial charge is 0.419 e. The molecule has 2 rings (SSSR count). The Hall–Kier alpha value is -1.88. The van der Waals surface area contributed by atoms with Gasteiger partial charge in [-0.2, -0.15) is 0 Å². The molecule has 0 amide bonds. The summed E-state index contributed by atoms with van der Waals surface area (Å²) < 4.78 is 6.46. The fourth-order valence-corrected chi connectivity index (χ4v) is 1.83. The summed E-state index contributed by atoms with van der Waals surface area (Å²) in [5.41, 5.74) is 2.07. The van der Waals surface area contributed by atoms with Gasteiger partial charge in [-0.25, -0.2) is 4.79 Å². The van der Waals surface area contributed by atoms with Gasteiger partial charge in [-0.05, 0) is 31.8 Å². The van der Waals surface area contributed by atoms with Crippen LogP contribution in [0.2, 0.25) is 0 Å². The summed E-state index contributed by atoms with van der Waals surface area (Å²) in [7, 11) is 5.30. The van der Waals surface area contributed by atoms with Crippen molar-refractivity contribution in [3.63, 3.8) is 0 Å². The number of hydrogen-bond acceptors (Lipinski definition) is 4. The molecule has 0 aliphatic heterocycles. The molecule has 0 radical (unpaired) electrons. The minimum Gasteiger partial charge on any atom is -0.408 e. The van der Waals surface area contributed by atoms with Gasteiger partial charge in [0.2, 0.25) is 0 Å². The molecule has 17 heavy (non-hydrogen) atoms. The van der Waals surface area contributed by atoms with Crippen molar-refractivity contribution in [2.75, 3.05) is 14.1 Å². The number of aldehydes is 1. The highest BCUT2D eigenvalue weighted by atomic mass is 16.4. The molecule has 0 bridgehead atoms. The van der Waals surface area contributed by atoms with Crippen LogP contribution in [0.3, 0.4) is 0 Å². The number of benzene rings is 1. The summed E-state index contributed by atoms with van der Waals surface area (Å²) in [6.07, 6.45) is 0.874. The van der Waals surface area contributed by atoms with E-state index in [4.69, 9.17) is 4.42 Å². The molecular formula is C12H14N2O3. The number of hydrogen-bond donors (Lipinski definition) is 0. The second-order valence-corrected chi connectivity index (χ2v) is 4.20. The molecule has 90 valence electrons. The number of nitrogens with zero attached hydrogens (tertiary/aromatic N) is 2. The number of likely N-dealkylation sites (N-methyl/N-ethyl adjacent to an activating group) is 1. The van der Waals surface area contributed by atoms with Crippen molar-refractivity contribution in [2.24, 2.45) is 7.05 Å². The van der Waals surface area contributed by atoms with E-state index in [1.165, 1.54) is 4.57 Å². The Morgan fingerprint density at radius 1 is 1.41 bits per heavy atom. The van der Waals surface area contributed by atoms with Crippen LogP contribution in [0.4, 0.5) is 0 Å². The van der Waals surface area contributed by atoms with Crippen LogP contribution in [0.1, 0.15) is 11.6 Å². The lowest BCUT2D eigenvalue weighted by Gasteiger charge is -2.18. The third-order valence-electron chi connectivity index (χ3n) is 2.84. The number of carbonyl (C=O) groups is 1. The Balaban J connectivity index is 2.61. The first-order chi connectivity index (χ1) is 8.04. The van der Waals surface area contributed by atoms with Crippen LogP contribution in [0.15, 0.2) is 27.4 Å². The van der Waals surface area contributed by atoms with E-state index in [9.17, 15) is 9.59 Å². The van der Waals surface area contributed by atoms with Crippen LogP contribution >= 0.6 is 0 Å². The van der Waals surface area contributed by atoms with Crippen LogP contribution in [0.5, 0.6) is 0 Å². The monoisotopic (exact) mass is 234 g/mol. The molecule has 2 aromatic rings. The quantitative estimate of drug-likeness (QED) is 0.741. The molecule has 1 aromatic heterocycles. The number of rotatable bonds is 3. The Labute approximate surface area is 98.2 Å². The zero-order valence-corrected chi connectivity index (χ0v) is 10.0. The zero-order chi connectivity index (χ0) is 12.6. The molecule has 1 atom stereocenters. The van der Waals surface area contributed by atoms with Crippen LogP contribution in [-0.2, 0) is 11.8 Å². The average molecular weight is 234 g/mol. The van der Waals surface area contributed by atoms with Gasteiger partial charge in [-0.15, -0.1) is 0 Å². The molecule has 0 aliphatic carbocycles. The van der Waals surface area contributed by atoms with Gasteiger partial charge in [-0.3, -0.25) is 9.47 Å². The fourth-order valence-electron chi connectivity index (χ4n) is 1.83. The summed E-state index contributed by atoms with van der Waals surface area (Å²) in [6.45, 7) is 0. The van der Waals surface area contributed by atoms with E-state index < -0.39 is 5.76 Å². The van der Waals surface area contributed by atoms with Crippen molar-refractivity contribution in [1.29, 1.82) is 0 Å². The van der Waals surface area contributed by atoms with E-state index in [0.29, 0.717) is 11.1 Å². The van der Waals surface area contributed by atoms with Crippen molar-refractivity contribution < 1.29 is 9.21 Å². The summed E-state index contributed by atoms with van der Waals surface area (Å²) in [4.78, 5) is 24.2. The highest BCUT2D eigenvalue weighted by Gasteiger charge is 2.15. The maximum absolute atomic E-state index is 11.3. The topological polar surface area (TPSA) is 55.5 Å². The Kier molecular flexibility index (Phi) is 2.85. The molecule has 1 unspecified atom stereocenters. The van der Waals surface area contributed by atoms with Crippen molar-refractivity contribution in [1.82, 2.24) is 9.47 Å². The van der Waals surface area contributed by atoms with Gasteiger partial charge in [-0.1, -0.05) is 6.07 Å². The number of aryl methyl sites for hydroxylation is 1. The van der Waals surface area contributed by atoms with E-state index in [2.05, 4.69) is 0 Å². The lowest BCUT2D eigenvalue weighted by Crippen LogP contribution is -2.21. The van der Waals surface area contributed by atoms with Gasteiger partial charge < -0.3 is 9.21 Å². The second kappa shape index (κ2) is 4.18. The molecule has 0 fully saturated rings. The minimum atomic E-state index is -0.398. The van der Waals surface area contributed by atoms with Crippen LogP contribution in [0.25, 0.3) is 11.1 Å². The van der Waals surface area contributed by atoms with E-state index in [-0.39, 0.29) is 6.04 Å². The summed E-state index contributed by atoms with van der Waals surface area (Å²) in [5.74, 6) is -0.398. The Morgan fingerprint density at radius 3 is 2.71 bits per heavy atom. The first kappa shape index (κ1) is 11.6. The van der Waals surface area contributed by atoms with E-state index in [1.807, 2.05) is 19.0 Å². The second-order valence-electron chi connectivity index (χ2n) is 4.20. The van der Waals surface area contributed by atoms with Crippen LogP contribution in [-0.4, -0.2) is 29.8 Å². The number of fused-ring (bicyclic) bond motifs is 1.